The summed E-state index contributed by atoms with van der Waals surface area (Å²) in [6.07, 6.45) is 2.88. The molecule has 332 valence electrons. The Hall–Kier alpha value is 0.450. The third-order valence-electron chi connectivity index (χ3n) is 8.64. The second-order valence-electron chi connectivity index (χ2n) is 13.0. The number of benzene rings is 6. The minimum atomic E-state index is 0.812. The van der Waals surface area contributed by atoms with Gasteiger partial charge in [-0.25, -0.2) is 0 Å². The number of halogens is 12. The summed E-state index contributed by atoms with van der Waals surface area (Å²) in [5.41, 5.74) is 7.75. The molecule has 8 rings (SSSR count). The fourth-order valence-corrected chi connectivity index (χ4v) is 12.2. The lowest BCUT2D eigenvalue weighted by Gasteiger charge is -2.05. The predicted octanol–water partition coefficient (Wildman–Crippen LogP) is 22.2. The standard InChI is InChI=1S/2C11H8Br2.2C8H8Br2.C6H5Br2N.C5H4Br2S/c12-7-8-5-6-11(13)10-4-2-1-3-9(8)10;12-7-10-9-4-2-1-3-8(9)5-6-11(10)13;1-6-4-8(10)3-2-7(6)5-9;9-6-5-7-1-3-8(10)4-2-7;7-4-6-3-5(8)1-2-9-6;6-3-4-1-2-5(7)8-4/h2*1-6H,7H2;2-4H,5H2,1H3;1-4H,5-6H2;1-3H,4H2;1-2H,3H2. The molecule has 0 saturated carbocycles. The number of thiophene rings is 1. The Balaban J connectivity index is 0.000000203. The molecular weight excluding hydrogens is 1590 g/mol. The van der Waals surface area contributed by atoms with Crippen molar-refractivity contribution in [1.82, 2.24) is 4.98 Å². The predicted molar refractivity (Wildman–Crippen MR) is 321 cm³/mol. The van der Waals surface area contributed by atoms with Gasteiger partial charge in [0.05, 0.1) is 9.48 Å². The maximum absolute atomic E-state index is 4.08. The van der Waals surface area contributed by atoms with Gasteiger partial charge in [-0.3, -0.25) is 4.98 Å². The van der Waals surface area contributed by atoms with E-state index in [9.17, 15) is 0 Å². The van der Waals surface area contributed by atoms with Crippen LogP contribution in [0.5, 0.6) is 0 Å². The number of fused-ring (bicyclic) bond motifs is 2. The van der Waals surface area contributed by atoms with E-state index >= 15 is 0 Å². The molecule has 0 aliphatic rings. The number of pyridine rings is 1. The number of aromatic nitrogens is 1. The second kappa shape index (κ2) is 33.1. The summed E-state index contributed by atoms with van der Waals surface area (Å²) in [6.45, 7) is 2.11. The maximum Gasteiger partial charge on any atom is 0.0701 e. The minimum absolute atomic E-state index is 0.812. The Kier molecular flexibility index (Phi) is 30.3. The van der Waals surface area contributed by atoms with Crippen molar-refractivity contribution in [3.05, 3.63) is 210 Å². The van der Waals surface area contributed by atoms with E-state index in [0.29, 0.717) is 0 Å². The van der Waals surface area contributed by atoms with Crippen molar-refractivity contribution in [2.75, 3.05) is 5.33 Å². The molecule has 0 aliphatic carbocycles. The summed E-state index contributed by atoms with van der Waals surface area (Å²) in [5, 5.41) is 10.7. The smallest absolute Gasteiger partial charge is 0.0701 e. The summed E-state index contributed by atoms with van der Waals surface area (Å²) >= 11 is 42.8. The normalized spacial score (nSPS) is 10.1. The van der Waals surface area contributed by atoms with Crippen LogP contribution in [0.1, 0.15) is 38.4 Å². The van der Waals surface area contributed by atoms with Gasteiger partial charge >= 0.3 is 0 Å². The van der Waals surface area contributed by atoms with Gasteiger partial charge in [0.1, 0.15) is 0 Å². The maximum atomic E-state index is 4.08. The third kappa shape index (κ3) is 21.3. The minimum Gasteiger partial charge on any atom is -0.260 e. The van der Waals surface area contributed by atoms with Crippen LogP contribution in [0.4, 0.5) is 0 Å². The van der Waals surface area contributed by atoms with Crippen molar-refractivity contribution < 1.29 is 0 Å². The van der Waals surface area contributed by atoms with Gasteiger partial charge < -0.3 is 0 Å². The van der Waals surface area contributed by atoms with Crippen LogP contribution in [-0.2, 0) is 33.1 Å². The summed E-state index contributed by atoms with van der Waals surface area (Å²) in [5.74, 6) is 0. The quantitative estimate of drug-likeness (QED) is 0.145. The number of aryl methyl sites for hydroxylation is 2. The van der Waals surface area contributed by atoms with Gasteiger partial charge in [-0.1, -0.05) is 254 Å². The zero-order valence-corrected chi connectivity index (χ0v) is 53.5. The van der Waals surface area contributed by atoms with Gasteiger partial charge in [0.15, 0.2) is 0 Å². The van der Waals surface area contributed by atoms with E-state index in [1.807, 2.05) is 12.1 Å². The number of hydrogen-bond acceptors (Lipinski definition) is 2. The lowest BCUT2D eigenvalue weighted by atomic mass is 10.1. The third-order valence-corrected chi connectivity index (χ3v) is 16.9. The molecule has 0 spiro atoms. The molecule has 0 aliphatic heterocycles. The van der Waals surface area contributed by atoms with Crippen LogP contribution in [0.3, 0.4) is 0 Å². The first-order valence-corrected chi connectivity index (χ1v) is 31.2. The highest BCUT2D eigenvalue weighted by Crippen LogP contribution is 2.29. The molecule has 0 saturated heterocycles. The number of nitrogens with zero attached hydrogens (tertiary/aromatic N) is 1. The zero-order valence-electron chi connectivity index (χ0n) is 33.7. The van der Waals surface area contributed by atoms with Crippen molar-refractivity contribution in [3.63, 3.8) is 0 Å². The lowest BCUT2D eigenvalue weighted by Crippen LogP contribution is -1.83. The van der Waals surface area contributed by atoms with Crippen LogP contribution in [0, 0.1) is 6.92 Å². The SMILES string of the molecule is BrCCc1ccc(Br)cc1.BrCc1c(Br)ccc2ccccc12.BrCc1cc(Br)ccn1.BrCc1ccc(Br)c2ccccc12.BrCc1ccc(Br)s1.Cc1cc(Br)ccc1CBr. The fraction of sp³-hybridized carbons (Fsp3) is 0.163. The van der Waals surface area contributed by atoms with Crippen LogP contribution < -0.4 is 0 Å². The number of hydrogen-bond donors (Lipinski definition) is 0. The van der Waals surface area contributed by atoms with Crippen LogP contribution in [-0.4, -0.2) is 10.3 Å². The molecule has 0 N–H and O–H groups in total. The molecule has 0 unspecified atom stereocenters. The summed E-state index contributed by atoms with van der Waals surface area (Å²) in [6, 6.07) is 48.0. The van der Waals surface area contributed by atoms with Gasteiger partial charge in [0, 0.05) is 65.4 Å². The zero-order chi connectivity index (χ0) is 46.1. The molecule has 63 heavy (non-hydrogen) atoms. The number of rotatable bonds is 7. The fourth-order valence-electron chi connectivity index (χ4n) is 5.40. The van der Waals surface area contributed by atoms with E-state index in [0.717, 1.165) is 62.0 Å². The largest absolute Gasteiger partial charge is 0.260 e. The summed E-state index contributed by atoms with van der Waals surface area (Å²) in [4.78, 5) is 5.44. The molecule has 1 nitrogen and oxygen atoms in total. The summed E-state index contributed by atoms with van der Waals surface area (Å²) in [7, 11) is 0. The number of alkyl halides is 6. The van der Waals surface area contributed by atoms with Crippen LogP contribution in [0.2, 0.25) is 0 Å². The van der Waals surface area contributed by atoms with E-state index in [4.69, 9.17) is 0 Å². The molecule has 2 heterocycles. The molecule has 0 bridgehead atoms. The topological polar surface area (TPSA) is 12.9 Å². The highest BCUT2D eigenvalue weighted by Gasteiger charge is 2.04. The second-order valence-corrected chi connectivity index (χ2v) is 23.6. The Morgan fingerprint density at radius 2 is 1.08 bits per heavy atom. The average Bonchev–Trinajstić information content (AvgIpc) is 3.74. The van der Waals surface area contributed by atoms with Gasteiger partial charge in [-0.05, 0) is 139 Å². The van der Waals surface area contributed by atoms with E-state index in [2.05, 4.69) is 330 Å². The van der Waals surface area contributed by atoms with E-state index in [1.165, 1.54) is 62.5 Å². The Morgan fingerprint density at radius 3 is 1.62 bits per heavy atom. The monoisotopic (exact) mass is 1620 g/mol. The molecule has 0 radical (unpaired) electrons. The first-order valence-electron chi connectivity index (χ1n) is 18.9. The molecule has 6 aromatic carbocycles. The van der Waals surface area contributed by atoms with Crippen LogP contribution in [0.25, 0.3) is 21.5 Å². The van der Waals surface area contributed by atoms with E-state index in [-0.39, 0.29) is 0 Å². The molecular formula is C49H41Br12NS. The Morgan fingerprint density at radius 1 is 0.476 bits per heavy atom. The summed E-state index contributed by atoms with van der Waals surface area (Å²) < 4.78 is 6.90. The van der Waals surface area contributed by atoms with Crippen LogP contribution >= 0.6 is 202 Å². The molecule has 14 heteroatoms. The van der Waals surface area contributed by atoms with Crippen LogP contribution in [0.15, 0.2) is 172 Å². The highest BCUT2D eigenvalue weighted by atomic mass is 79.9. The van der Waals surface area contributed by atoms with Gasteiger partial charge in [-0.15, -0.1) is 11.3 Å². The molecule has 0 amide bonds. The van der Waals surface area contributed by atoms with Crippen molar-refractivity contribution >= 4 is 224 Å². The van der Waals surface area contributed by atoms with E-state index < -0.39 is 0 Å². The van der Waals surface area contributed by atoms with E-state index in [1.54, 1.807) is 17.5 Å². The first-order chi connectivity index (χ1) is 30.4. The van der Waals surface area contributed by atoms with Crippen molar-refractivity contribution in [2.45, 2.75) is 40.0 Å². The molecule has 0 atom stereocenters. The van der Waals surface area contributed by atoms with Gasteiger partial charge in [0.2, 0.25) is 0 Å². The average molecular weight is 1630 g/mol. The Labute approximate surface area is 477 Å². The van der Waals surface area contributed by atoms with Crippen molar-refractivity contribution in [3.8, 4) is 0 Å². The Bertz CT molecular complexity index is 2560. The molecule has 2 aromatic heterocycles. The first kappa shape index (κ1) is 57.8. The highest BCUT2D eigenvalue weighted by molar-refractivity contribution is 9.12. The molecule has 8 aromatic rings. The molecule has 0 fully saturated rings. The van der Waals surface area contributed by atoms with Gasteiger partial charge in [-0.2, -0.15) is 0 Å². The van der Waals surface area contributed by atoms with Crippen molar-refractivity contribution in [1.29, 1.82) is 0 Å². The van der Waals surface area contributed by atoms with Gasteiger partial charge in [0.25, 0.3) is 0 Å². The van der Waals surface area contributed by atoms with Crippen molar-refractivity contribution in [2.24, 2.45) is 0 Å². The lowest BCUT2D eigenvalue weighted by molar-refractivity contribution is 1.17.